The number of nitrogens with zero attached hydrogens (tertiary/aromatic N) is 2. The van der Waals surface area contributed by atoms with Crippen molar-refractivity contribution in [2.75, 3.05) is 10.8 Å². The minimum Gasteiger partial charge on any atom is -0.352 e. The summed E-state index contributed by atoms with van der Waals surface area (Å²) in [6.07, 6.45) is 3.76. The molecule has 1 fully saturated rings. The summed E-state index contributed by atoms with van der Waals surface area (Å²) >= 11 is 25.3. The van der Waals surface area contributed by atoms with Crippen LogP contribution in [-0.4, -0.2) is 43.8 Å². The van der Waals surface area contributed by atoms with Crippen LogP contribution in [0.15, 0.2) is 71.6 Å². The Labute approximate surface area is 260 Å². The van der Waals surface area contributed by atoms with Crippen molar-refractivity contribution >= 4 is 73.9 Å². The lowest BCUT2D eigenvalue weighted by molar-refractivity contribution is -0.139. The first-order valence-electron chi connectivity index (χ1n) is 13.0. The van der Waals surface area contributed by atoms with Crippen LogP contribution in [0.4, 0.5) is 5.69 Å². The highest BCUT2D eigenvalue weighted by Gasteiger charge is 2.34. The van der Waals surface area contributed by atoms with Crippen molar-refractivity contribution in [3.8, 4) is 0 Å². The summed E-state index contributed by atoms with van der Waals surface area (Å²) < 4.78 is 28.7. The van der Waals surface area contributed by atoms with E-state index in [1.165, 1.54) is 35.2 Å². The zero-order chi connectivity index (χ0) is 29.7. The molecule has 0 aromatic heterocycles. The second-order valence-electron chi connectivity index (χ2n) is 9.84. The van der Waals surface area contributed by atoms with Crippen molar-refractivity contribution in [1.82, 2.24) is 10.2 Å². The van der Waals surface area contributed by atoms with Crippen LogP contribution >= 0.6 is 46.4 Å². The Morgan fingerprint density at radius 3 is 2.07 bits per heavy atom. The van der Waals surface area contributed by atoms with Gasteiger partial charge in [-0.3, -0.25) is 13.9 Å². The maximum Gasteiger partial charge on any atom is 0.264 e. The third kappa shape index (κ3) is 7.67. The lowest BCUT2D eigenvalue weighted by Crippen LogP contribution is -2.52. The van der Waals surface area contributed by atoms with Gasteiger partial charge in [0, 0.05) is 38.2 Å². The van der Waals surface area contributed by atoms with Crippen LogP contribution in [0.3, 0.4) is 0 Å². The first kappa shape index (κ1) is 31.4. The number of hydrogen-bond acceptors (Lipinski definition) is 4. The van der Waals surface area contributed by atoms with E-state index in [4.69, 9.17) is 46.4 Å². The van der Waals surface area contributed by atoms with Gasteiger partial charge < -0.3 is 10.2 Å². The molecule has 1 atom stereocenters. The van der Waals surface area contributed by atoms with Crippen molar-refractivity contribution in [3.63, 3.8) is 0 Å². The van der Waals surface area contributed by atoms with Crippen molar-refractivity contribution in [2.45, 2.75) is 56.1 Å². The van der Waals surface area contributed by atoms with Gasteiger partial charge in [-0.2, -0.15) is 0 Å². The van der Waals surface area contributed by atoms with E-state index in [1.807, 2.05) is 0 Å². The fourth-order valence-corrected chi connectivity index (χ4v) is 7.21. The molecule has 1 N–H and O–H groups in total. The van der Waals surface area contributed by atoms with Crippen LogP contribution in [0.25, 0.3) is 0 Å². The van der Waals surface area contributed by atoms with Gasteiger partial charge in [-0.1, -0.05) is 83.5 Å². The third-order valence-corrected chi connectivity index (χ3v) is 9.94. The molecule has 4 rings (SSSR count). The molecule has 1 aliphatic carbocycles. The Morgan fingerprint density at radius 1 is 0.902 bits per heavy atom. The SMILES string of the molecule is CC(C(=O)NC1CCCC1)N(Cc1c(Cl)cccc1Cl)C(=O)CN(c1cc(Cl)cc(Cl)c1)S(=O)(=O)c1ccccc1. The van der Waals surface area contributed by atoms with Crippen molar-refractivity contribution in [1.29, 1.82) is 0 Å². The highest BCUT2D eigenvalue weighted by atomic mass is 35.5. The average molecular weight is 657 g/mol. The number of rotatable bonds is 10. The Kier molecular flexibility index (Phi) is 10.5. The number of sulfonamides is 1. The maximum atomic E-state index is 14.1. The highest BCUT2D eigenvalue weighted by Crippen LogP contribution is 2.31. The molecule has 12 heteroatoms. The van der Waals surface area contributed by atoms with Gasteiger partial charge >= 0.3 is 0 Å². The monoisotopic (exact) mass is 655 g/mol. The number of benzene rings is 3. The smallest absolute Gasteiger partial charge is 0.264 e. The highest BCUT2D eigenvalue weighted by molar-refractivity contribution is 7.92. The quantitative estimate of drug-likeness (QED) is 0.255. The molecule has 0 heterocycles. The molecule has 0 bridgehead atoms. The Bertz CT molecular complexity index is 1480. The van der Waals surface area contributed by atoms with E-state index in [0.29, 0.717) is 15.6 Å². The van der Waals surface area contributed by atoms with Gasteiger partial charge in [0.2, 0.25) is 11.8 Å². The molecule has 0 radical (unpaired) electrons. The van der Waals surface area contributed by atoms with Gasteiger partial charge in [-0.25, -0.2) is 8.42 Å². The molecule has 0 spiro atoms. The van der Waals surface area contributed by atoms with Crippen molar-refractivity contribution < 1.29 is 18.0 Å². The normalized spacial score (nSPS) is 14.5. The van der Waals surface area contributed by atoms with Crippen LogP contribution in [0, 0.1) is 0 Å². The second-order valence-corrected chi connectivity index (χ2v) is 13.4. The molecular formula is C29H29Cl4N3O4S. The number of nitrogens with one attached hydrogen (secondary N) is 1. The van der Waals surface area contributed by atoms with E-state index in [0.717, 1.165) is 30.0 Å². The van der Waals surface area contributed by atoms with Gasteiger partial charge in [0.25, 0.3) is 10.0 Å². The average Bonchev–Trinajstić information content (AvgIpc) is 3.44. The number of hydrogen-bond donors (Lipinski definition) is 1. The summed E-state index contributed by atoms with van der Waals surface area (Å²) in [5.41, 5.74) is 0.534. The van der Waals surface area contributed by atoms with Crippen LogP contribution in [0.1, 0.15) is 38.2 Å². The van der Waals surface area contributed by atoms with Crippen molar-refractivity contribution in [3.05, 3.63) is 92.4 Å². The predicted octanol–water partition coefficient (Wildman–Crippen LogP) is 6.97. The lowest BCUT2D eigenvalue weighted by atomic mass is 10.1. The lowest BCUT2D eigenvalue weighted by Gasteiger charge is -2.33. The van der Waals surface area contributed by atoms with E-state index in [1.54, 1.807) is 43.3 Å². The van der Waals surface area contributed by atoms with Crippen LogP contribution < -0.4 is 9.62 Å². The fourth-order valence-electron chi connectivity index (χ4n) is 4.76. The van der Waals surface area contributed by atoms with E-state index in [-0.39, 0.29) is 39.1 Å². The molecule has 218 valence electrons. The first-order valence-corrected chi connectivity index (χ1v) is 16.0. The number of carbonyl (C=O) groups is 2. The molecule has 3 aromatic carbocycles. The Balaban J connectivity index is 1.73. The number of anilines is 1. The van der Waals surface area contributed by atoms with Crippen LogP contribution in [0.5, 0.6) is 0 Å². The fraction of sp³-hybridized carbons (Fsp3) is 0.310. The van der Waals surface area contributed by atoms with Gasteiger partial charge in [-0.15, -0.1) is 0 Å². The number of halogens is 4. The topological polar surface area (TPSA) is 86.8 Å². The molecule has 41 heavy (non-hydrogen) atoms. The molecule has 3 aromatic rings. The van der Waals surface area contributed by atoms with Crippen molar-refractivity contribution in [2.24, 2.45) is 0 Å². The van der Waals surface area contributed by atoms with Gasteiger partial charge in [-0.05, 0) is 62.2 Å². The standard InChI is InChI=1S/C29H29Cl4N3O4S/c1-19(29(38)34-22-8-5-6-9-22)35(17-25-26(32)12-7-13-27(25)33)28(37)18-36(23-15-20(30)14-21(31)16-23)41(39,40)24-10-3-2-4-11-24/h2-4,7,10-16,19,22H,5-6,8-9,17-18H2,1H3,(H,34,38). The van der Waals surface area contributed by atoms with E-state index in [2.05, 4.69) is 5.32 Å². The molecule has 7 nitrogen and oxygen atoms in total. The van der Waals surface area contributed by atoms with Gasteiger partial charge in [0.05, 0.1) is 10.6 Å². The molecule has 0 aliphatic heterocycles. The van der Waals surface area contributed by atoms with E-state index in [9.17, 15) is 18.0 Å². The van der Waals surface area contributed by atoms with Gasteiger partial charge in [0.15, 0.2) is 0 Å². The number of carbonyl (C=O) groups excluding carboxylic acids is 2. The molecule has 1 unspecified atom stereocenters. The zero-order valence-electron chi connectivity index (χ0n) is 22.2. The molecule has 0 saturated heterocycles. The number of amides is 2. The first-order chi connectivity index (χ1) is 19.5. The second kappa shape index (κ2) is 13.7. The van der Waals surface area contributed by atoms with Crippen LogP contribution in [-0.2, 0) is 26.2 Å². The van der Waals surface area contributed by atoms with Crippen LogP contribution in [0.2, 0.25) is 20.1 Å². The molecule has 2 amide bonds. The molecule has 1 aliphatic rings. The predicted molar refractivity (Wildman–Crippen MR) is 164 cm³/mol. The minimum absolute atomic E-state index is 0.0226. The summed E-state index contributed by atoms with van der Waals surface area (Å²) in [5, 5.41) is 4.03. The van der Waals surface area contributed by atoms with E-state index >= 15 is 0 Å². The summed E-state index contributed by atoms with van der Waals surface area (Å²) in [7, 11) is -4.25. The summed E-state index contributed by atoms with van der Waals surface area (Å²) in [6.45, 7) is 0.836. The summed E-state index contributed by atoms with van der Waals surface area (Å²) in [6, 6.07) is 16.0. The van der Waals surface area contributed by atoms with Gasteiger partial charge in [0.1, 0.15) is 12.6 Å². The Morgan fingerprint density at radius 2 is 1.49 bits per heavy atom. The maximum absolute atomic E-state index is 14.1. The zero-order valence-corrected chi connectivity index (χ0v) is 26.0. The van der Waals surface area contributed by atoms with E-state index < -0.39 is 28.5 Å². The third-order valence-electron chi connectivity index (χ3n) is 7.00. The molecular weight excluding hydrogens is 628 g/mol. The molecule has 1 saturated carbocycles. The Hall–Kier alpha value is -2.49. The largest absolute Gasteiger partial charge is 0.352 e. The summed E-state index contributed by atoms with van der Waals surface area (Å²) in [4.78, 5) is 28.7. The minimum atomic E-state index is -4.25. The summed E-state index contributed by atoms with van der Waals surface area (Å²) in [5.74, 6) is -0.998.